The highest BCUT2D eigenvalue weighted by Gasteiger charge is 2.36. The zero-order valence-electron chi connectivity index (χ0n) is 12.9. The minimum Gasteiger partial charge on any atom is -0.306 e. The van der Waals surface area contributed by atoms with E-state index >= 15 is 0 Å². The van der Waals surface area contributed by atoms with E-state index in [1.54, 1.807) is 18.2 Å². The molecule has 0 aliphatic carbocycles. The maximum atomic E-state index is 12.7. The summed E-state index contributed by atoms with van der Waals surface area (Å²) >= 11 is 0. The Morgan fingerprint density at radius 3 is 2.52 bits per heavy atom. The van der Waals surface area contributed by atoms with Crippen molar-refractivity contribution in [3.05, 3.63) is 66.5 Å². The Balaban J connectivity index is 1.65. The number of sulfonamides is 1. The molecule has 1 aliphatic heterocycles. The molecule has 0 radical (unpaired) electrons. The highest BCUT2D eigenvalue weighted by Crippen LogP contribution is 2.30. The van der Waals surface area contributed by atoms with Crippen LogP contribution in [0.15, 0.2) is 65.7 Å². The van der Waals surface area contributed by atoms with Crippen LogP contribution in [0.4, 0.5) is 10.5 Å². The first-order valence-electron chi connectivity index (χ1n) is 7.45. The molecule has 0 spiro atoms. The van der Waals surface area contributed by atoms with Crippen LogP contribution in [0.3, 0.4) is 0 Å². The van der Waals surface area contributed by atoms with Gasteiger partial charge < -0.3 is 5.32 Å². The minimum atomic E-state index is -3.94. The zero-order valence-corrected chi connectivity index (χ0v) is 13.7. The number of urea groups is 1. The lowest BCUT2D eigenvalue weighted by atomic mass is 10.3. The van der Waals surface area contributed by atoms with Crippen molar-refractivity contribution in [3.8, 4) is 5.69 Å². The molecular weight excluding hydrogens is 342 g/mol. The van der Waals surface area contributed by atoms with Gasteiger partial charge in [-0.05, 0) is 24.3 Å². The second-order valence-corrected chi connectivity index (χ2v) is 7.23. The molecule has 1 N–H and O–H groups in total. The van der Waals surface area contributed by atoms with Crippen molar-refractivity contribution in [1.29, 1.82) is 0 Å². The summed E-state index contributed by atoms with van der Waals surface area (Å²) in [5.41, 5.74) is 1.38. The van der Waals surface area contributed by atoms with Gasteiger partial charge in [0.15, 0.2) is 0 Å². The Morgan fingerprint density at radius 2 is 1.72 bits per heavy atom. The number of amides is 2. The quantitative estimate of drug-likeness (QED) is 0.775. The SMILES string of the molecule is O=C1Nc2ccccc2S(=O)(=O)N1Cc1cnn(-c2ccccc2)n1. The normalized spacial score (nSPS) is 15.5. The fraction of sp³-hybridized carbons (Fsp3) is 0.0625. The van der Waals surface area contributed by atoms with Crippen molar-refractivity contribution in [2.24, 2.45) is 0 Å². The maximum absolute atomic E-state index is 12.7. The number of anilines is 1. The molecule has 0 bridgehead atoms. The van der Waals surface area contributed by atoms with Crippen LogP contribution in [-0.2, 0) is 16.6 Å². The molecule has 126 valence electrons. The van der Waals surface area contributed by atoms with Gasteiger partial charge in [-0.3, -0.25) is 0 Å². The Hall–Kier alpha value is -3.20. The lowest BCUT2D eigenvalue weighted by Gasteiger charge is -2.27. The van der Waals surface area contributed by atoms with Gasteiger partial charge in [-0.1, -0.05) is 30.3 Å². The van der Waals surface area contributed by atoms with Gasteiger partial charge in [-0.15, -0.1) is 0 Å². The maximum Gasteiger partial charge on any atom is 0.336 e. The summed E-state index contributed by atoms with van der Waals surface area (Å²) in [6.45, 7) is -0.199. The number of carbonyl (C=O) groups is 1. The van der Waals surface area contributed by atoms with Crippen LogP contribution in [0, 0.1) is 0 Å². The largest absolute Gasteiger partial charge is 0.336 e. The van der Waals surface area contributed by atoms with Crippen molar-refractivity contribution in [2.75, 3.05) is 5.32 Å². The number of aromatic nitrogens is 3. The Labute approximate surface area is 143 Å². The summed E-state index contributed by atoms with van der Waals surface area (Å²) in [6, 6.07) is 14.8. The third kappa shape index (κ3) is 2.64. The molecule has 0 unspecified atom stereocenters. The first kappa shape index (κ1) is 15.3. The van der Waals surface area contributed by atoms with Gasteiger partial charge in [0.1, 0.15) is 10.6 Å². The Morgan fingerprint density at radius 1 is 1.00 bits per heavy atom. The number of fused-ring (bicyclic) bond motifs is 1. The molecule has 0 fully saturated rings. The Bertz CT molecular complexity index is 1050. The first-order chi connectivity index (χ1) is 12.1. The van der Waals surface area contributed by atoms with Gasteiger partial charge in [-0.2, -0.15) is 15.0 Å². The van der Waals surface area contributed by atoms with Gasteiger partial charge in [0.05, 0.1) is 24.1 Å². The fourth-order valence-corrected chi connectivity index (χ4v) is 4.01. The van der Waals surface area contributed by atoms with Crippen molar-refractivity contribution >= 4 is 21.7 Å². The van der Waals surface area contributed by atoms with Crippen molar-refractivity contribution in [1.82, 2.24) is 19.3 Å². The molecule has 0 atom stereocenters. The van der Waals surface area contributed by atoms with Crippen molar-refractivity contribution < 1.29 is 13.2 Å². The van der Waals surface area contributed by atoms with Crippen LogP contribution in [0.1, 0.15) is 5.69 Å². The smallest absolute Gasteiger partial charge is 0.306 e. The molecule has 25 heavy (non-hydrogen) atoms. The van der Waals surface area contributed by atoms with Crippen molar-refractivity contribution in [2.45, 2.75) is 11.4 Å². The number of nitrogens with one attached hydrogen (secondary N) is 1. The summed E-state index contributed by atoms with van der Waals surface area (Å²) in [5.74, 6) is 0. The van der Waals surface area contributed by atoms with E-state index in [1.807, 2.05) is 30.3 Å². The van der Waals surface area contributed by atoms with E-state index in [4.69, 9.17) is 0 Å². The average Bonchev–Trinajstić information content (AvgIpc) is 3.08. The summed E-state index contributed by atoms with van der Waals surface area (Å²) in [4.78, 5) is 13.7. The zero-order chi connectivity index (χ0) is 17.4. The molecule has 0 saturated carbocycles. The van der Waals surface area contributed by atoms with Gasteiger partial charge in [0, 0.05) is 0 Å². The number of nitrogens with zero attached hydrogens (tertiary/aromatic N) is 4. The lowest BCUT2D eigenvalue weighted by Crippen LogP contribution is -2.43. The van der Waals surface area contributed by atoms with Crippen LogP contribution < -0.4 is 5.32 Å². The van der Waals surface area contributed by atoms with E-state index in [0.29, 0.717) is 5.69 Å². The predicted octanol–water partition coefficient (Wildman–Crippen LogP) is 2.00. The standard InChI is InChI=1S/C16H13N5O3S/c22-16-18-14-8-4-5-9-15(14)25(23,24)20(16)11-12-10-17-21(19-12)13-6-2-1-3-7-13/h1-10H,11H2,(H,18,22). The average molecular weight is 355 g/mol. The van der Waals surface area contributed by atoms with E-state index in [9.17, 15) is 13.2 Å². The number of para-hydroxylation sites is 2. The van der Waals surface area contributed by atoms with Gasteiger partial charge in [-0.25, -0.2) is 17.5 Å². The molecule has 2 heterocycles. The molecule has 2 aromatic carbocycles. The lowest BCUT2D eigenvalue weighted by molar-refractivity contribution is 0.233. The Kier molecular flexibility index (Phi) is 3.50. The van der Waals surface area contributed by atoms with E-state index < -0.39 is 16.1 Å². The van der Waals surface area contributed by atoms with Gasteiger partial charge in [0.25, 0.3) is 10.0 Å². The molecule has 8 nitrogen and oxygen atoms in total. The third-order valence-corrected chi connectivity index (χ3v) is 5.54. The van der Waals surface area contributed by atoms with E-state index in [1.165, 1.54) is 17.1 Å². The van der Waals surface area contributed by atoms with E-state index in [-0.39, 0.29) is 17.1 Å². The summed E-state index contributed by atoms with van der Waals surface area (Å²) in [7, 11) is -3.94. The topological polar surface area (TPSA) is 97.2 Å². The highest BCUT2D eigenvalue weighted by molar-refractivity contribution is 7.90. The summed E-state index contributed by atoms with van der Waals surface area (Å²) in [5, 5.41) is 10.9. The third-order valence-electron chi connectivity index (χ3n) is 3.76. The second-order valence-electron chi connectivity index (χ2n) is 5.40. The number of hydrogen-bond donors (Lipinski definition) is 1. The molecule has 3 aromatic rings. The number of hydrogen-bond acceptors (Lipinski definition) is 5. The van der Waals surface area contributed by atoms with E-state index in [2.05, 4.69) is 15.5 Å². The molecule has 1 aliphatic rings. The molecule has 9 heteroatoms. The van der Waals surface area contributed by atoms with E-state index in [0.717, 1.165) is 9.99 Å². The minimum absolute atomic E-state index is 0.0602. The fourth-order valence-electron chi connectivity index (χ4n) is 2.56. The van der Waals surface area contributed by atoms with Crippen LogP contribution in [-0.4, -0.2) is 33.7 Å². The summed E-state index contributed by atoms with van der Waals surface area (Å²) < 4.78 is 26.2. The van der Waals surface area contributed by atoms with Gasteiger partial charge >= 0.3 is 6.03 Å². The van der Waals surface area contributed by atoms with Crippen LogP contribution in [0.25, 0.3) is 5.69 Å². The molecule has 1 aromatic heterocycles. The number of rotatable bonds is 3. The summed E-state index contributed by atoms with van der Waals surface area (Å²) in [6.07, 6.45) is 1.44. The van der Waals surface area contributed by atoms with Crippen LogP contribution >= 0.6 is 0 Å². The number of carbonyl (C=O) groups excluding carboxylic acids is 1. The molecular formula is C16H13N5O3S. The highest BCUT2D eigenvalue weighted by atomic mass is 32.2. The monoisotopic (exact) mass is 355 g/mol. The van der Waals surface area contributed by atoms with Crippen LogP contribution in [0.5, 0.6) is 0 Å². The first-order valence-corrected chi connectivity index (χ1v) is 8.89. The molecule has 4 rings (SSSR count). The predicted molar refractivity (Wildman–Crippen MR) is 89.5 cm³/mol. The van der Waals surface area contributed by atoms with Crippen LogP contribution in [0.2, 0.25) is 0 Å². The van der Waals surface area contributed by atoms with Gasteiger partial charge in [0.2, 0.25) is 0 Å². The second kappa shape index (κ2) is 5.71. The number of benzene rings is 2. The molecule has 2 amide bonds. The molecule has 0 saturated heterocycles. The van der Waals surface area contributed by atoms with Crippen molar-refractivity contribution in [3.63, 3.8) is 0 Å².